The van der Waals surface area contributed by atoms with Gasteiger partial charge in [-0.05, 0) is 36.5 Å². The minimum absolute atomic E-state index is 0.377. The van der Waals surface area contributed by atoms with Gasteiger partial charge in [-0.3, -0.25) is 0 Å². The van der Waals surface area contributed by atoms with Gasteiger partial charge < -0.3 is 9.47 Å². The molecule has 1 unspecified atom stereocenters. The summed E-state index contributed by atoms with van der Waals surface area (Å²) in [6.07, 6.45) is 6.67. The molecule has 0 N–H and O–H groups in total. The molecule has 4 heteroatoms. The van der Waals surface area contributed by atoms with Crippen molar-refractivity contribution in [3.63, 3.8) is 0 Å². The van der Waals surface area contributed by atoms with Crippen LogP contribution in [0.2, 0.25) is 0 Å². The molecule has 0 aliphatic heterocycles. The summed E-state index contributed by atoms with van der Waals surface area (Å²) in [5.74, 6) is 2.27. The van der Waals surface area contributed by atoms with Gasteiger partial charge in [0.25, 0.3) is 0 Å². The van der Waals surface area contributed by atoms with Crippen molar-refractivity contribution < 1.29 is 9.47 Å². The van der Waals surface area contributed by atoms with Crippen molar-refractivity contribution in [1.82, 2.24) is 0 Å². The van der Waals surface area contributed by atoms with E-state index in [0.717, 1.165) is 16.0 Å². The number of halogens is 2. The summed E-state index contributed by atoms with van der Waals surface area (Å²) < 4.78 is 11.8. The standard InChI is InChI=1S/C15H20Br2O2/c1-18-13-8-11(12(16)9-14(13)19-2)15(17)10-6-4-3-5-7-10/h8-10,15H,3-7H2,1-2H3. The van der Waals surface area contributed by atoms with Crippen molar-refractivity contribution in [2.75, 3.05) is 14.2 Å². The Morgan fingerprint density at radius 2 is 1.63 bits per heavy atom. The van der Waals surface area contributed by atoms with Gasteiger partial charge >= 0.3 is 0 Å². The van der Waals surface area contributed by atoms with Crippen molar-refractivity contribution >= 4 is 31.9 Å². The van der Waals surface area contributed by atoms with Crippen LogP contribution in [0.15, 0.2) is 16.6 Å². The van der Waals surface area contributed by atoms with Crippen LogP contribution in [0, 0.1) is 5.92 Å². The summed E-state index contributed by atoms with van der Waals surface area (Å²) in [5, 5.41) is 0. The van der Waals surface area contributed by atoms with Crippen LogP contribution >= 0.6 is 31.9 Å². The summed E-state index contributed by atoms with van der Waals surface area (Å²) in [4.78, 5) is 0.377. The van der Waals surface area contributed by atoms with Crippen molar-refractivity contribution in [1.29, 1.82) is 0 Å². The van der Waals surface area contributed by atoms with Gasteiger partial charge in [0.1, 0.15) is 0 Å². The second kappa shape index (κ2) is 6.98. The molecular weight excluding hydrogens is 372 g/mol. The molecule has 2 nitrogen and oxygen atoms in total. The Labute approximate surface area is 132 Å². The molecule has 1 aromatic carbocycles. The average Bonchev–Trinajstić information content (AvgIpc) is 2.47. The zero-order valence-corrected chi connectivity index (χ0v) is 14.6. The molecule has 0 radical (unpaired) electrons. The first-order valence-electron chi connectivity index (χ1n) is 6.73. The summed E-state index contributed by atoms with van der Waals surface area (Å²) in [6.45, 7) is 0. The first-order chi connectivity index (χ1) is 9.17. The summed E-state index contributed by atoms with van der Waals surface area (Å²) >= 11 is 7.53. The Balaban J connectivity index is 2.27. The van der Waals surface area contributed by atoms with Crippen LogP contribution in [0.4, 0.5) is 0 Å². The molecule has 0 spiro atoms. The smallest absolute Gasteiger partial charge is 0.161 e. The second-order valence-electron chi connectivity index (χ2n) is 5.03. The predicted molar refractivity (Wildman–Crippen MR) is 85.5 cm³/mol. The summed E-state index contributed by atoms with van der Waals surface area (Å²) in [6, 6.07) is 4.07. The number of benzene rings is 1. The lowest BCUT2D eigenvalue weighted by atomic mass is 9.84. The molecular formula is C15H20Br2O2. The van der Waals surface area contributed by atoms with E-state index in [9.17, 15) is 0 Å². The van der Waals surface area contributed by atoms with Gasteiger partial charge in [-0.15, -0.1) is 0 Å². The topological polar surface area (TPSA) is 18.5 Å². The highest BCUT2D eigenvalue weighted by Gasteiger charge is 2.25. The average molecular weight is 392 g/mol. The molecule has 2 rings (SSSR count). The lowest BCUT2D eigenvalue weighted by molar-refractivity contribution is 0.346. The van der Waals surface area contributed by atoms with Gasteiger partial charge in [0.2, 0.25) is 0 Å². The minimum atomic E-state index is 0.377. The van der Waals surface area contributed by atoms with Crippen LogP contribution in [0.5, 0.6) is 11.5 Å². The van der Waals surface area contributed by atoms with E-state index in [4.69, 9.17) is 9.47 Å². The monoisotopic (exact) mass is 390 g/mol. The fraction of sp³-hybridized carbons (Fsp3) is 0.600. The Morgan fingerprint density at radius 3 is 2.21 bits per heavy atom. The van der Waals surface area contributed by atoms with E-state index in [2.05, 4.69) is 37.9 Å². The van der Waals surface area contributed by atoms with Gasteiger partial charge in [-0.25, -0.2) is 0 Å². The third-order valence-electron chi connectivity index (χ3n) is 3.86. The molecule has 1 aromatic rings. The zero-order chi connectivity index (χ0) is 13.8. The van der Waals surface area contributed by atoms with Gasteiger partial charge in [0.05, 0.1) is 14.2 Å². The molecule has 0 heterocycles. The summed E-state index contributed by atoms with van der Waals surface area (Å²) in [5.41, 5.74) is 1.25. The quantitative estimate of drug-likeness (QED) is 0.632. The molecule has 1 fully saturated rings. The highest BCUT2D eigenvalue weighted by molar-refractivity contribution is 9.11. The molecule has 0 amide bonds. The Bertz CT molecular complexity index is 428. The number of rotatable bonds is 4. The predicted octanol–water partition coefficient (Wildman–Crippen LogP) is 5.48. The normalized spacial score (nSPS) is 18.1. The van der Waals surface area contributed by atoms with E-state index in [1.165, 1.54) is 37.7 Å². The molecule has 0 bridgehead atoms. The highest BCUT2D eigenvalue weighted by Crippen LogP contribution is 2.45. The maximum absolute atomic E-state index is 5.40. The van der Waals surface area contributed by atoms with Crippen LogP contribution in [-0.4, -0.2) is 14.2 Å². The number of ether oxygens (including phenoxy) is 2. The molecule has 1 saturated carbocycles. The van der Waals surface area contributed by atoms with Crippen molar-refractivity contribution in [3.05, 3.63) is 22.2 Å². The lowest BCUT2D eigenvalue weighted by Gasteiger charge is -2.27. The Morgan fingerprint density at radius 1 is 1.05 bits per heavy atom. The molecule has 0 saturated heterocycles. The van der Waals surface area contributed by atoms with E-state index in [-0.39, 0.29) is 0 Å². The van der Waals surface area contributed by atoms with Crippen LogP contribution in [0.3, 0.4) is 0 Å². The van der Waals surface area contributed by atoms with E-state index < -0.39 is 0 Å². The third-order valence-corrected chi connectivity index (χ3v) is 5.79. The molecule has 1 aliphatic carbocycles. The SMILES string of the molecule is COc1cc(Br)c(C(Br)C2CCCCC2)cc1OC. The largest absolute Gasteiger partial charge is 0.493 e. The van der Waals surface area contributed by atoms with E-state index >= 15 is 0 Å². The van der Waals surface area contributed by atoms with Crippen molar-refractivity contribution in [3.8, 4) is 11.5 Å². The third kappa shape index (κ3) is 3.46. The molecule has 19 heavy (non-hydrogen) atoms. The van der Waals surface area contributed by atoms with E-state index in [1.807, 2.05) is 6.07 Å². The maximum Gasteiger partial charge on any atom is 0.161 e. The minimum Gasteiger partial charge on any atom is -0.493 e. The van der Waals surface area contributed by atoms with Gasteiger partial charge in [-0.1, -0.05) is 51.1 Å². The maximum atomic E-state index is 5.40. The summed E-state index contributed by atoms with van der Waals surface area (Å²) in [7, 11) is 3.34. The first kappa shape index (κ1) is 15.2. The molecule has 0 aromatic heterocycles. The molecule has 1 atom stereocenters. The fourth-order valence-corrected chi connectivity index (χ4v) is 4.55. The Kier molecular flexibility index (Phi) is 5.58. The number of hydrogen-bond acceptors (Lipinski definition) is 2. The van der Waals surface area contributed by atoms with Crippen LogP contribution < -0.4 is 9.47 Å². The number of hydrogen-bond donors (Lipinski definition) is 0. The van der Waals surface area contributed by atoms with Gasteiger partial charge in [0, 0.05) is 9.30 Å². The van der Waals surface area contributed by atoms with Crippen LogP contribution in [0.25, 0.3) is 0 Å². The van der Waals surface area contributed by atoms with Crippen molar-refractivity contribution in [2.45, 2.75) is 36.9 Å². The van der Waals surface area contributed by atoms with Crippen molar-refractivity contribution in [2.24, 2.45) is 5.92 Å². The zero-order valence-electron chi connectivity index (χ0n) is 11.4. The van der Waals surface area contributed by atoms with Crippen LogP contribution in [0.1, 0.15) is 42.5 Å². The highest BCUT2D eigenvalue weighted by atomic mass is 79.9. The lowest BCUT2D eigenvalue weighted by Crippen LogP contribution is -2.12. The van der Waals surface area contributed by atoms with Gasteiger partial charge in [-0.2, -0.15) is 0 Å². The molecule has 1 aliphatic rings. The molecule has 106 valence electrons. The van der Waals surface area contributed by atoms with E-state index in [1.54, 1.807) is 14.2 Å². The fourth-order valence-electron chi connectivity index (χ4n) is 2.76. The number of methoxy groups -OCH3 is 2. The second-order valence-corrected chi connectivity index (χ2v) is 6.87. The van der Waals surface area contributed by atoms with Crippen LogP contribution in [-0.2, 0) is 0 Å². The van der Waals surface area contributed by atoms with Gasteiger partial charge in [0.15, 0.2) is 11.5 Å². The van der Waals surface area contributed by atoms with E-state index in [0.29, 0.717) is 10.7 Å². The Hall–Kier alpha value is -0.220. The number of alkyl halides is 1. The first-order valence-corrected chi connectivity index (χ1v) is 8.43.